The summed E-state index contributed by atoms with van der Waals surface area (Å²) < 4.78 is 12.5. The third-order valence-corrected chi connectivity index (χ3v) is 6.93. The molecule has 0 radical (unpaired) electrons. The van der Waals surface area contributed by atoms with Crippen LogP contribution in [0.4, 0.5) is 0 Å². The van der Waals surface area contributed by atoms with E-state index in [2.05, 4.69) is 50.9 Å². The van der Waals surface area contributed by atoms with Gasteiger partial charge in [-0.25, -0.2) is 0 Å². The van der Waals surface area contributed by atoms with Crippen LogP contribution in [0.5, 0.6) is 11.5 Å². The average molecular weight is 404 g/mol. The minimum Gasteiger partial charge on any atom is -0.486 e. The summed E-state index contributed by atoms with van der Waals surface area (Å²) in [7, 11) is 0. The van der Waals surface area contributed by atoms with Gasteiger partial charge in [0.05, 0.1) is 0 Å². The molecule has 3 rings (SSSR count). The van der Waals surface area contributed by atoms with E-state index in [0.29, 0.717) is 23.5 Å². The van der Waals surface area contributed by atoms with Gasteiger partial charge in [0, 0.05) is 9.30 Å². The van der Waals surface area contributed by atoms with Gasteiger partial charge in [0.25, 0.3) is 0 Å². The summed E-state index contributed by atoms with van der Waals surface area (Å²) in [6.07, 6.45) is 6.51. The Labute approximate surface area is 137 Å². The van der Waals surface area contributed by atoms with Gasteiger partial charge in [-0.2, -0.15) is 0 Å². The van der Waals surface area contributed by atoms with Crippen LogP contribution in [0.2, 0.25) is 0 Å². The van der Waals surface area contributed by atoms with E-state index in [-0.39, 0.29) is 0 Å². The van der Waals surface area contributed by atoms with Gasteiger partial charge in [0.15, 0.2) is 11.5 Å². The molecular weight excluding hydrogens is 384 g/mol. The Morgan fingerprint density at radius 2 is 1.75 bits per heavy atom. The molecule has 2 aliphatic rings. The van der Waals surface area contributed by atoms with E-state index in [1.165, 1.54) is 37.7 Å². The standard InChI is InChI=1S/C16H20Br2O2/c1-2-16(5-3-4-6-16)15(18)11-9-13-14(10-12(11)17)20-8-7-19-13/h9-10,15H,2-8H2,1H3. The second kappa shape index (κ2) is 5.88. The SMILES string of the molecule is CCC1(C(Br)c2cc3c(cc2Br)OCCO3)CCCC1. The number of rotatable bonds is 3. The van der Waals surface area contributed by atoms with E-state index in [4.69, 9.17) is 9.47 Å². The summed E-state index contributed by atoms with van der Waals surface area (Å²) in [6, 6.07) is 4.20. The van der Waals surface area contributed by atoms with Crippen LogP contribution in [-0.4, -0.2) is 13.2 Å². The average Bonchev–Trinajstić information content (AvgIpc) is 2.96. The van der Waals surface area contributed by atoms with E-state index in [0.717, 1.165) is 16.0 Å². The molecule has 0 bridgehead atoms. The van der Waals surface area contributed by atoms with E-state index >= 15 is 0 Å². The Bertz CT molecular complexity index is 495. The first-order valence-corrected chi connectivity index (χ1v) is 9.10. The molecule has 20 heavy (non-hydrogen) atoms. The van der Waals surface area contributed by atoms with Crippen molar-refractivity contribution in [2.24, 2.45) is 5.41 Å². The first kappa shape index (κ1) is 14.7. The molecule has 1 saturated carbocycles. The van der Waals surface area contributed by atoms with Gasteiger partial charge in [-0.1, -0.05) is 51.6 Å². The number of hydrogen-bond donors (Lipinski definition) is 0. The van der Waals surface area contributed by atoms with Crippen molar-refractivity contribution in [1.29, 1.82) is 0 Å². The van der Waals surface area contributed by atoms with Crippen LogP contribution in [0, 0.1) is 5.41 Å². The largest absolute Gasteiger partial charge is 0.486 e. The van der Waals surface area contributed by atoms with Crippen LogP contribution >= 0.6 is 31.9 Å². The lowest BCUT2D eigenvalue weighted by Crippen LogP contribution is -2.22. The molecule has 1 heterocycles. The molecule has 2 nitrogen and oxygen atoms in total. The van der Waals surface area contributed by atoms with E-state index in [1.54, 1.807) is 0 Å². The van der Waals surface area contributed by atoms with Crippen molar-refractivity contribution in [3.8, 4) is 11.5 Å². The number of ether oxygens (including phenoxy) is 2. The quantitative estimate of drug-likeness (QED) is 0.609. The van der Waals surface area contributed by atoms with Gasteiger partial charge in [0.1, 0.15) is 13.2 Å². The number of halogens is 2. The highest BCUT2D eigenvalue weighted by molar-refractivity contribution is 9.11. The van der Waals surface area contributed by atoms with Crippen molar-refractivity contribution in [2.45, 2.75) is 43.9 Å². The van der Waals surface area contributed by atoms with Gasteiger partial charge in [0.2, 0.25) is 0 Å². The molecule has 0 N–H and O–H groups in total. The summed E-state index contributed by atoms with van der Waals surface area (Å²) in [4.78, 5) is 0.368. The predicted octanol–water partition coefficient (Wildman–Crippen LogP) is 5.63. The zero-order valence-corrected chi connectivity index (χ0v) is 14.9. The zero-order chi connectivity index (χ0) is 14.2. The number of hydrogen-bond acceptors (Lipinski definition) is 2. The van der Waals surface area contributed by atoms with Crippen LogP contribution in [0.1, 0.15) is 49.4 Å². The van der Waals surface area contributed by atoms with Crippen molar-refractivity contribution in [2.75, 3.05) is 13.2 Å². The fourth-order valence-electron chi connectivity index (χ4n) is 3.47. The molecule has 0 spiro atoms. The molecule has 0 saturated heterocycles. The first-order chi connectivity index (χ1) is 9.66. The van der Waals surface area contributed by atoms with E-state index in [9.17, 15) is 0 Å². The third-order valence-electron chi connectivity index (χ3n) is 4.78. The number of benzene rings is 1. The number of alkyl halides is 1. The molecule has 1 aromatic rings. The lowest BCUT2D eigenvalue weighted by atomic mass is 9.77. The Morgan fingerprint density at radius 1 is 1.15 bits per heavy atom. The molecule has 1 aromatic carbocycles. The lowest BCUT2D eigenvalue weighted by molar-refractivity contribution is 0.171. The molecule has 1 aliphatic heterocycles. The summed E-state index contributed by atoms with van der Waals surface area (Å²) >= 11 is 7.69. The summed E-state index contributed by atoms with van der Waals surface area (Å²) in [5, 5.41) is 0. The molecule has 1 aliphatic carbocycles. The highest BCUT2D eigenvalue weighted by Gasteiger charge is 2.40. The third kappa shape index (κ3) is 2.50. The Morgan fingerprint density at radius 3 is 2.35 bits per heavy atom. The van der Waals surface area contributed by atoms with Crippen LogP contribution in [0.25, 0.3) is 0 Å². The molecule has 1 atom stereocenters. The van der Waals surface area contributed by atoms with Crippen molar-refractivity contribution in [3.63, 3.8) is 0 Å². The maximum atomic E-state index is 5.73. The minimum absolute atomic E-state index is 0.368. The van der Waals surface area contributed by atoms with Gasteiger partial charge in [-0.15, -0.1) is 0 Å². The van der Waals surface area contributed by atoms with Gasteiger partial charge in [-0.05, 0) is 42.4 Å². The highest BCUT2D eigenvalue weighted by atomic mass is 79.9. The molecule has 110 valence electrons. The summed E-state index contributed by atoms with van der Waals surface area (Å²) in [6.45, 7) is 3.58. The summed E-state index contributed by atoms with van der Waals surface area (Å²) in [5.41, 5.74) is 1.67. The van der Waals surface area contributed by atoms with Crippen molar-refractivity contribution >= 4 is 31.9 Å². The molecule has 0 aromatic heterocycles. The van der Waals surface area contributed by atoms with Crippen LogP contribution in [-0.2, 0) is 0 Å². The Hall–Kier alpha value is -0.220. The molecule has 1 unspecified atom stereocenters. The molecule has 1 fully saturated rings. The molecule has 0 amide bonds. The van der Waals surface area contributed by atoms with Crippen LogP contribution in [0.15, 0.2) is 16.6 Å². The van der Waals surface area contributed by atoms with Gasteiger partial charge in [-0.3, -0.25) is 0 Å². The highest BCUT2D eigenvalue weighted by Crippen LogP contribution is 2.56. The van der Waals surface area contributed by atoms with Crippen LogP contribution in [0.3, 0.4) is 0 Å². The maximum absolute atomic E-state index is 5.73. The molecule has 4 heteroatoms. The fourth-order valence-corrected chi connectivity index (χ4v) is 5.49. The monoisotopic (exact) mass is 402 g/mol. The zero-order valence-electron chi connectivity index (χ0n) is 11.8. The predicted molar refractivity (Wildman–Crippen MR) is 88.0 cm³/mol. The normalized spacial score (nSPS) is 21.8. The van der Waals surface area contributed by atoms with E-state index < -0.39 is 0 Å². The van der Waals surface area contributed by atoms with Crippen molar-refractivity contribution in [3.05, 3.63) is 22.2 Å². The Kier molecular flexibility index (Phi) is 4.32. The lowest BCUT2D eigenvalue weighted by Gasteiger charge is -2.34. The topological polar surface area (TPSA) is 18.5 Å². The smallest absolute Gasteiger partial charge is 0.162 e. The summed E-state index contributed by atoms with van der Waals surface area (Å²) in [5.74, 6) is 1.73. The number of fused-ring (bicyclic) bond motifs is 1. The second-order valence-electron chi connectivity index (χ2n) is 5.80. The second-order valence-corrected chi connectivity index (χ2v) is 7.57. The Balaban J connectivity index is 1.96. The van der Waals surface area contributed by atoms with Gasteiger partial charge >= 0.3 is 0 Å². The fraction of sp³-hybridized carbons (Fsp3) is 0.625. The van der Waals surface area contributed by atoms with Crippen LogP contribution < -0.4 is 9.47 Å². The van der Waals surface area contributed by atoms with E-state index in [1.807, 2.05) is 0 Å². The molecular formula is C16H20Br2O2. The van der Waals surface area contributed by atoms with Crippen molar-refractivity contribution in [1.82, 2.24) is 0 Å². The van der Waals surface area contributed by atoms with Crippen molar-refractivity contribution < 1.29 is 9.47 Å². The minimum atomic E-state index is 0.368. The first-order valence-electron chi connectivity index (χ1n) is 7.39. The van der Waals surface area contributed by atoms with Gasteiger partial charge < -0.3 is 9.47 Å². The maximum Gasteiger partial charge on any atom is 0.162 e.